The number of nitrogens with zero attached hydrogens (tertiary/aromatic N) is 5. The van der Waals surface area contributed by atoms with E-state index in [2.05, 4.69) is 22.4 Å². The van der Waals surface area contributed by atoms with Crippen molar-refractivity contribution in [1.82, 2.24) is 25.1 Å². The second-order valence-electron chi connectivity index (χ2n) is 13.0. The van der Waals surface area contributed by atoms with Gasteiger partial charge in [0.15, 0.2) is 6.29 Å². The van der Waals surface area contributed by atoms with Crippen LogP contribution in [0.5, 0.6) is 5.75 Å². The summed E-state index contributed by atoms with van der Waals surface area (Å²) >= 11 is 1.47. The van der Waals surface area contributed by atoms with E-state index in [0.29, 0.717) is 22.0 Å². The Kier molecular flexibility index (Phi) is 9.59. The van der Waals surface area contributed by atoms with Crippen LogP contribution in [0.3, 0.4) is 0 Å². The number of carbonyl (C=O) groups excluding carboxylic acids is 2. The van der Waals surface area contributed by atoms with E-state index in [4.69, 9.17) is 9.47 Å². The zero-order chi connectivity index (χ0) is 36.5. The monoisotopic (exact) mass is 725 g/mol. The maximum absolute atomic E-state index is 13.1. The molecule has 2 amide bonds. The maximum Gasteiger partial charge on any atom is 0.261 e. The van der Waals surface area contributed by atoms with E-state index >= 15 is 0 Å². The van der Waals surface area contributed by atoms with Crippen molar-refractivity contribution in [2.24, 2.45) is 5.92 Å². The number of phenolic OH excluding ortho intramolecular Hbond substituents is 1. The molecule has 5 aromatic carbocycles. The first kappa shape index (κ1) is 34.4. The molecule has 2 N–H and O–H groups in total. The number of aliphatic hydroxyl groups excluding tert-OH is 1. The van der Waals surface area contributed by atoms with Gasteiger partial charge in [0.05, 0.1) is 42.2 Å². The van der Waals surface area contributed by atoms with Gasteiger partial charge in [0, 0.05) is 17.2 Å². The summed E-state index contributed by atoms with van der Waals surface area (Å²) in [6, 6.07) is 37.1. The van der Waals surface area contributed by atoms with E-state index < -0.39 is 6.29 Å². The summed E-state index contributed by atoms with van der Waals surface area (Å²) in [6.45, 7) is 2.21. The van der Waals surface area contributed by atoms with Crippen molar-refractivity contribution in [1.29, 1.82) is 0 Å². The molecular weight excluding hydrogens is 691 g/mol. The summed E-state index contributed by atoms with van der Waals surface area (Å²) in [4.78, 5) is 27.6. The maximum atomic E-state index is 13.1. The molecule has 0 aliphatic carbocycles. The van der Waals surface area contributed by atoms with Crippen LogP contribution in [0.2, 0.25) is 0 Å². The third-order valence-electron chi connectivity index (χ3n) is 9.75. The first-order valence-electron chi connectivity index (χ1n) is 17.2. The number of aromatic hydroxyl groups is 1. The largest absolute Gasteiger partial charge is 0.508 e. The van der Waals surface area contributed by atoms with E-state index in [9.17, 15) is 19.8 Å². The smallest absolute Gasteiger partial charge is 0.261 e. The van der Waals surface area contributed by atoms with Crippen LogP contribution < -0.4 is 0 Å². The van der Waals surface area contributed by atoms with E-state index in [0.717, 1.165) is 39.1 Å². The molecule has 4 unspecified atom stereocenters. The van der Waals surface area contributed by atoms with Crippen molar-refractivity contribution in [2.75, 3.05) is 5.75 Å². The Morgan fingerprint density at radius 3 is 2.08 bits per heavy atom. The fraction of sp³-hybridized carbons (Fsp3) is 0.195. The third kappa shape index (κ3) is 6.85. The zero-order valence-electron chi connectivity index (χ0n) is 28.6. The van der Waals surface area contributed by atoms with Gasteiger partial charge in [0.25, 0.3) is 11.8 Å². The first-order valence-corrected chi connectivity index (χ1v) is 18.2. The molecule has 3 heterocycles. The van der Waals surface area contributed by atoms with Crippen molar-refractivity contribution in [2.45, 2.75) is 43.7 Å². The van der Waals surface area contributed by atoms with Crippen molar-refractivity contribution < 1.29 is 29.3 Å². The van der Waals surface area contributed by atoms with Gasteiger partial charge >= 0.3 is 0 Å². The fourth-order valence-corrected chi connectivity index (χ4v) is 7.86. The number of aliphatic hydroxyl groups is 1. The SMILES string of the molecule is CC1C(CSc2nnnn2-c2ccc(O)cc2)OC(c2ccc(-c3ccccc3CN3C(=O)c4ccccc4C3=O)cc2)OC1c1ccc(CO)cc1. The molecule has 1 aromatic heterocycles. The van der Waals surface area contributed by atoms with E-state index in [1.54, 1.807) is 53.2 Å². The molecule has 12 heteroatoms. The van der Waals surface area contributed by atoms with Crippen LogP contribution in [-0.4, -0.2) is 59.0 Å². The van der Waals surface area contributed by atoms with Crippen LogP contribution in [0, 0.1) is 5.92 Å². The molecule has 11 nitrogen and oxygen atoms in total. The molecule has 0 saturated carbocycles. The lowest BCUT2D eigenvalue weighted by molar-refractivity contribution is -0.268. The van der Waals surface area contributed by atoms with Gasteiger partial charge in [-0.25, -0.2) is 0 Å². The van der Waals surface area contributed by atoms with Gasteiger partial charge in [-0.1, -0.05) is 104 Å². The molecule has 0 spiro atoms. The van der Waals surface area contributed by atoms with Gasteiger partial charge < -0.3 is 19.7 Å². The topological polar surface area (TPSA) is 140 Å². The molecule has 0 bridgehead atoms. The number of imide groups is 1. The molecule has 8 rings (SSSR count). The highest BCUT2D eigenvalue weighted by molar-refractivity contribution is 7.99. The summed E-state index contributed by atoms with van der Waals surface area (Å²) in [6.07, 6.45) is -1.25. The second-order valence-corrected chi connectivity index (χ2v) is 14.0. The highest BCUT2D eigenvalue weighted by atomic mass is 32.2. The average Bonchev–Trinajstić information content (AvgIpc) is 3.77. The highest BCUT2D eigenvalue weighted by Gasteiger charge is 2.39. The number of phenols is 1. The normalized spacial score (nSPS) is 19.8. The van der Waals surface area contributed by atoms with Gasteiger partial charge in [-0.05, 0) is 74.6 Å². The average molecular weight is 726 g/mol. The number of hydrogen-bond donors (Lipinski definition) is 2. The number of rotatable bonds is 10. The Bertz CT molecular complexity index is 2230. The minimum absolute atomic E-state index is 0.0458. The fourth-order valence-electron chi connectivity index (χ4n) is 6.80. The Hall–Kier alpha value is -5.66. The Morgan fingerprint density at radius 2 is 1.40 bits per heavy atom. The number of carbonyl (C=O) groups is 2. The van der Waals surface area contributed by atoms with Crippen LogP contribution in [0.15, 0.2) is 126 Å². The summed E-state index contributed by atoms with van der Waals surface area (Å²) in [7, 11) is 0. The number of amides is 2. The van der Waals surface area contributed by atoms with Crippen LogP contribution in [0.1, 0.15) is 62.3 Å². The van der Waals surface area contributed by atoms with Crippen LogP contribution in [0.25, 0.3) is 16.8 Å². The van der Waals surface area contributed by atoms with Crippen LogP contribution in [0.4, 0.5) is 0 Å². The molecule has 2 aliphatic heterocycles. The van der Waals surface area contributed by atoms with Gasteiger partial charge in [-0.2, -0.15) is 4.68 Å². The second kappa shape index (κ2) is 14.8. The van der Waals surface area contributed by atoms with E-state index in [1.165, 1.54) is 16.7 Å². The molecule has 6 aromatic rings. The van der Waals surface area contributed by atoms with Crippen molar-refractivity contribution in [3.8, 4) is 22.6 Å². The molecule has 266 valence electrons. The van der Waals surface area contributed by atoms with Gasteiger partial charge in [-0.15, -0.1) is 5.10 Å². The minimum atomic E-state index is -0.685. The number of ether oxygens (including phenoxy) is 2. The standard InChI is InChI=1S/C41H35N5O6S/c1-25-36(24-53-41-42-43-44-46(41)31-18-20-32(48)21-19-31)51-40(52-37(25)28-12-10-26(23-47)11-13-28)29-16-14-27(15-17-29)33-7-3-2-6-30(33)22-45-38(49)34-8-4-5-9-35(34)39(45)50/h2-21,25,36-37,40,47-48H,22-24H2,1H3. The Labute approximate surface area is 309 Å². The van der Waals surface area contributed by atoms with E-state index in [1.807, 2.05) is 72.8 Å². The number of hydrogen-bond acceptors (Lipinski definition) is 10. The van der Waals surface area contributed by atoms with Crippen molar-refractivity contribution >= 4 is 23.6 Å². The lowest BCUT2D eigenvalue weighted by Crippen LogP contribution is -2.38. The summed E-state index contributed by atoms with van der Waals surface area (Å²) in [5.41, 5.74) is 6.90. The number of tetrazole rings is 1. The number of thioether (sulfide) groups is 1. The zero-order valence-corrected chi connectivity index (χ0v) is 29.5. The molecule has 53 heavy (non-hydrogen) atoms. The highest BCUT2D eigenvalue weighted by Crippen LogP contribution is 2.43. The number of aromatic nitrogens is 4. The van der Waals surface area contributed by atoms with E-state index in [-0.39, 0.29) is 48.8 Å². The number of benzene rings is 5. The van der Waals surface area contributed by atoms with Crippen LogP contribution in [-0.2, 0) is 22.6 Å². The molecule has 0 radical (unpaired) electrons. The Morgan fingerprint density at radius 1 is 0.755 bits per heavy atom. The molecule has 1 fully saturated rings. The van der Waals surface area contributed by atoms with Gasteiger partial charge in [0.1, 0.15) is 5.75 Å². The predicted octanol–water partition coefficient (Wildman–Crippen LogP) is 6.91. The molecule has 2 aliphatic rings. The van der Waals surface area contributed by atoms with Gasteiger partial charge in [0.2, 0.25) is 5.16 Å². The molecule has 1 saturated heterocycles. The first-order chi connectivity index (χ1) is 25.9. The summed E-state index contributed by atoms with van der Waals surface area (Å²) in [5, 5.41) is 32.3. The van der Waals surface area contributed by atoms with Gasteiger partial charge in [-0.3, -0.25) is 14.5 Å². The summed E-state index contributed by atoms with van der Waals surface area (Å²) in [5.74, 6) is 0.0603. The van der Waals surface area contributed by atoms with Crippen molar-refractivity contribution in [3.05, 3.63) is 155 Å². The lowest BCUT2D eigenvalue weighted by atomic mass is 9.91. The number of fused-ring (bicyclic) bond motifs is 1. The quantitative estimate of drug-likeness (QED) is 0.113. The van der Waals surface area contributed by atoms with Crippen molar-refractivity contribution in [3.63, 3.8) is 0 Å². The Balaban J connectivity index is 1.04. The third-order valence-corrected chi connectivity index (χ3v) is 10.8. The van der Waals surface area contributed by atoms with Crippen LogP contribution >= 0.6 is 11.8 Å². The molecular formula is C41H35N5O6S. The predicted molar refractivity (Wildman–Crippen MR) is 197 cm³/mol. The molecule has 4 atom stereocenters. The lowest BCUT2D eigenvalue weighted by Gasteiger charge is -2.41. The minimum Gasteiger partial charge on any atom is -0.508 e. The summed E-state index contributed by atoms with van der Waals surface area (Å²) < 4.78 is 15.0.